The Kier molecular flexibility index (Phi) is 4.79. The summed E-state index contributed by atoms with van der Waals surface area (Å²) in [7, 11) is 1.93. The second kappa shape index (κ2) is 7.73. The van der Waals surface area contributed by atoms with E-state index in [4.69, 9.17) is 5.10 Å². The van der Waals surface area contributed by atoms with Crippen LogP contribution in [-0.2, 0) is 20.1 Å². The van der Waals surface area contributed by atoms with Crippen molar-refractivity contribution in [3.8, 4) is 0 Å². The lowest BCUT2D eigenvalue weighted by Crippen LogP contribution is -2.30. The number of fused-ring (bicyclic) bond motifs is 1. The third-order valence-corrected chi connectivity index (χ3v) is 5.85. The molecule has 1 aliphatic heterocycles. The van der Waals surface area contributed by atoms with Gasteiger partial charge in [0.25, 0.3) is 0 Å². The van der Waals surface area contributed by atoms with E-state index in [1.54, 1.807) is 0 Å². The molecule has 7 heteroatoms. The number of rotatable bonds is 5. The Bertz CT molecular complexity index is 1020. The van der Waals surface area contributed by atoms with E-state index in [1.165, 1.54) is 48.9 Å². The Morgan fingerprint density at radius 1 is 1.24 bits per heavy atom. The molecule has 3 aromatic rings. The summed E-state index contributed by atoms with van der Waals surface area (Å²) in [5.41, 5.74) is 4.77. The van der Waals surface area contributed by atoms with Gasteiger partial charge in [-0.2, -0.15) is 5.10 Å². The molecule has 0 atom stereocenters. The highest BCUT2D eigenvalue weighted by Gasteiger charge is 2.24. The normalized spacial score (nSPS) is 16.4. The predicted octanol–water partition coefficient (Wildman–Crippen LogP) is 3.28. The molecule has 2 aliphatic rings. The minimum Gasteiger partial charge on any atom is -0.387 e. The summed E-state index contributed by atoms with van der Waals surface area (Å²) in [6.07, 6.45) is 14.6. The molecule has 1 aromatic carbocycles. The fourth-order valence-electron chi connectivity index (χ4n) is 4.41. The summed E-state index contributed by atoms with van der Waals surface area (Å²) < 4.78 is 6.02. The van der Waals surface area contributed by atoms with Crippen LogP contribution >= 0.6 is 0 Å². The first kappa shape index (κ1) is 18.0. The molecular weight excluding hydrogens is 362 g/mol. The molecule has 1 saturated carbocycles. The van der Waals surface area contributed by atoms with Gasteiger partial charge in [0.2, 0.25) is 0 Å². The minimum atomic E-state index is 0.516. The van der Waals surface area contributed by atoms with E-state index in [9.17, 15) is 0 Å². The minimum absolute atomic E-state index is 0.516. The maximum atomic E-state index is 5.02. The summed E-state index contributed by atoms with van der Waals surface area (Å²) >= 11 is 0. The molecule has 7 nitrogen and oxygen atoms in total. The topological polar surface area (TPSA) is 63.6 Å². The van der Waals surface area contributed by atoms with Crippen molar-refractivity contribution in [2.45, 2.75) is 51.2 Å². The van der Waals surface area contributed by atoms with Crippen LogP contribution in [0.25, 0.3) is 6.08 Å². The van der Waals surface area contributed by atoms with Crippen molar-refractivity contribution in [3.05, 3.63) is 59.7 Å². The molecule has 1 fully saturated rings. The standard InChI is InChI=1S/C22H28N7/c1-27-12-13-28(26-27)16-17-6-5-7-18(14-17)24-22-20-15-23-11-10-21(20)29(25-22)19-8-3-2-4-9-19/h5-7,10-14,19,23H,2-4,8-9,15-16H2,1H3,(H,24,25)/q+1. The molecule has 2 aromatic heterocycles. The molecule has 0 unspecified atom stereocenters. The first-order valence-electron chi connectivity index (χ1n) is 10.5. The molecule has 0 spiro atoms. The van der Waals surface area contributed by atoms with Crippen LogP contribution in [0.15, 0.2) is 42.9 Å². The van der Waals surface area contributed by atoms with Gasteiger partial charge in [0.15, 0.2) is 18.2 Å². The summed E-state index contributed by atoms with van der Waals surface area (Å²) in [6.45, 7) is 1.56. The zero-order valence-electron chi connectivity index (χ0n) is 16.9. The van der Waals surface area contributed by atoms with Gasteiger partial charge in [0, 0.05) is 17.8 Å². The molecule has 29 heavy (non-hydrogen) atoms. The van der Waals surface area contributed by atoms with Crippen molar-refractivity contribution in [1.82, 2.24) is 25.0 Å². The second-order valence-electron chi connectivity index (χ2n) is 8.05. The highest BCUT2D eigenvalue weighted by Crippen LogP contribution is 2.34. The number of nitrogens with zero attached hydrogens (tertiary/aromatic N) is 5. The van der Waals surface area contributed by atoms with E-state index in [-0.39, 0.29) is 0 Å². The van der Waals surface area contributed by atoms with Gasteiger partial charge in [0.05, 0.1) is 16.9 Å². The SMILES string of the molecule is C[n+]1ccn(Cc2cccc(Nc3nn(C4CCCCC4)c4c3CNC=C4)c2)n1. The Labute approximate surface area is 171 Å². The van der Waals surface area contributed by atoms with Crippen molar-refractivity contribution in [2.75, 3.05) is 5.32 Å². The van der Waals surface area contributed by atoms with Gasteiger partial charge >= 0.3 is 0 Å². The highest BCUT2D eigenvalue weighted by atomic mass is 15.5. The second-order valence-corrected chi connectivity index (χ2v) is 8.05. The van der Waals surface area contributed by atoms with Crippen molar-refractivity contribution < 1.29 is 4.68 Å². The lowest BCUT2D eigenvalue weighted by Gasteiger charge is -2.24. The Morgan fingerprint density at radius 2 is 2.14 bits per heavy atom. The Hall–Kier alpha value is -3.09. The maximum Gasteiger partial charge on any atom is 0.158 e. The fraction of sp³-hybridized carbons (Fsp3) is 0.409. The van der Waals surface area contributed by atoms with Crippen molar-refractivity contribution in [2.24, 2.45) is 7.05 Å². The Balaban J connectivity index is 1.41. The van der Waals surface area contributed by atoms with Crippen molar-refractivity contribution >= 4 is 17.6 Å². The molecule has 150 valence electrons. The smallest absolute Gasteiger partial charge is 0.158 e. The lowest BCUT2D eigenvalue weighted by atomic mass is 9.95. The van der Waals surface area contributed by atoms with Gasteiger partial charge < -0.3 is 10.6 Å². The number of aromatic nitrogens is 5. The van der Waals surface area contributed by atoms with Gasteiger partial charge in [-0.05, 0) is 42.8 Å². The van der Waals surface area contributed by atoms with Gasteiger partial charge in [-0.15, -0.1) is 9.36 Å². The highest BCUT2D eigenvalue weighted by molar-refractivity contribution is 5.67. The fourth-order valence-corrected chi connectivity index (χ4v) is 4.41. The monoisotopic (exact) mass is 390 g/mol. The quantitative estimate of drug-likeness (QED) is 0.657. The van der Waals surface area contributed by atoms with Gasteiger partial charge in [-0.3, -0.25) is 4.68 Å². The van der Waals surface area contributed by atoms with Crippen LogP contribution in [0, 0.1) is 0 Å². The van der Waals surface area contributed by atoms with Gasteiger partial charge in [-0.25, -0.2) is 0 Å². The van der Waals surface area contributed by atoms with E-state index in [2.05, 4.69) is 50.9 Å². The first-order valence-corrected chi connectivity index (χ1v) is 10.5. The van der Waals surface area contributed by atoms with Crippen molar-refractivity contribution in [3.63, 3.8) is 0 Å². The van der Waals surface area contributed by atoms with Crippen LogP contribution in [-0.4, -0.2) is 19.7 Å². The molecule has 5 rings (SSSR count). The third-order valence-electron chi connectivity index (χ3n) is 5.85. The van der Waals surface area contributed by atoms with Crippen LogP contribution in [0.4, 0.5) is 11.5 Å². The average molecular weight is 391 g/mol. The van der Waals surface area contributed by atoms with E-state index in [0.717, 1.165) is 24.6 Å². The predicted molar refractivity (Wildman–Crippen MR) is 112 cm³/mol. The van der Waals surface area contributed by atoms with Crippen LogP contribution in [0.1, 0.15) is 55.0 Å². The molecule has 0 amide bonds. The molecule has 1 aliphatic carbocycles. The lowest BCUT2D eigenvalue weighted by molar-refractivity contribution is -0.732. The number of aryl methyl sites for hydroxylation is 1. The first-order chi connectivity index (χ1) is 14.3. The van der Waals surface area contributed by atoms with Crippen molar-refractivity contribution in [1.29, 1.82) is 0 Å². The number of hydrogen-bond donors (Lipinski definition) is 2. The van der Waals surface area contributed by atoms with E-state index >= 15 is 0 Å². The Morgan fingerprint density at radius 3 is 2.97 bits per heavy atom. The summed E-state index contributed by atoms with van der Waals surface area (Å²) in [5.74, 6) is 0.963. The number of hydrogen-bond acceptors (Lipinski definition) is 4. The van der Waals surface area contributed by atoms with Crippen LogP contribution in [0.3, 0.4) is 0 Å². The number of benzene rings is 1. The van der Waals surface area contributed by atoms with Gasteiger partial charge in [0.1, 0.15) is 13.6 Å². The van der Waals surface area contributed by atoms with Gasteiger partial charge in [-0.1, -0.05) is 31.4 Å². The molecule has 2 N–H and O–H groups in total. The van der Waals surface area contributed by atoms with E-state index in [1.807, 2.05) is 35.0 Å². The third kappa shape index (κ3) is 3.77. The molecule has 0 saturated heterocycles. The zero-order chi connectivity index (χ0) is 19.6. The maximum absolute atomic E-state index is 5.02. The number of anilines is 2. The number of nitrogens with one attached hydrogen (secondary N) is 2. The molecular formula is C22H28N7+. The van der Waals surface area contributed by atoms with E-state index < -0.39 is 0 Å². The van der Waals surface area contributed by atoms with Crippen LogP contribution in [0.5, 0.6) is 0 Å². The largest absolute Gasteiger partial charge is 0.387 e. The van der Waals surface area contributed by atoms with Crippen LogP contribution < -0.4 is 15.3 Å². The average Bonchev–Trinajstić information content (AvgIpc) is 3.33. The molecule has 0 bridgehead atoms. The molecule has 3 heterocycles. The summed E-state index contributed by atoms with van der Waals surface area (Å²) in [4.78, 5) is 0. The van der Waals surface area contributed by atoms with Crippen LogP contribution in [0.2, 0.25) is 0 Å². The summed E-state index contributed by atoms with van der Waals surface area (Å²) in [5, 5.41) is 16.4. The summed E-state index contributed by atoms with van der Waals surface area (Å²) in [6, 6.07) is 9.02. The van der Waals surface area contributed by atoms with E-state index in [0.29, 0.717) is 6.04 Å². The molecule has 0 radical (unpaired) electrons. The zero-order valence-corrected chi connectivity index (χ0v) is 16.9.